The third-order valence-electron chi connectivity index (χ3n) is 4.55. The zero-order chi connectivity index (χ0) is 19.6. The van der Waals surface area contributed by atoms with Gasteiger partial charge in [0.05, 0.1) is 23.3 Å². The molecule has 3 rings (SSSR count). The summed E-state index contributed by atoms with van der Waals surface area (Å²) in [4.78, 5) is 19.5. The SMILES string of the molecule is CC1CN(c2nc(-c3cccc(NC(=O)C(C)(C)CCl)c3)cs2)CC(C)O1. The lowest BCUT2D eigenvalue weighted by Crippen LogP contribution is -2.45. The molecule has 27 heavy (non-hydrogen) atoms. The number of carbonyl (C=O) groups excluding carboxylic acids is 1. The van der Waals surface area contributed by atoms with Gasteiger partial charge in [-0.05, 0) is 39.8 Å². The van der Waals surface area contributed by atoms with Crippen molar-refractivity contribution in [2.24, 2.45) is 5.41 Å². The zero-order valence-corrected chi connectivity index (χ0v) is 17.7. The Hall–Kier alpha value is -1.63. The first-order valence-electron chi connectivity index (χ1n) is 9.12. The topological polar surface area (TPSA) is 54.5 Å². The molecule has 2 aromatic rings. The van der Waals surface area contributed by atoms with Gasteiger partial charge >= 0.3 is 0 Å². The fourth-order valence-corrected chi connectivity index (χ4v) is 3.97. The molecule has 7 heteroatoms. The summed E-state index contributed by atoms with van der Waals surface area (Å²) in [6.07, 6.45) is 0.398. The van der Waals surface area contributed by atoms with Crippen LogP contribution in [0.4, 0.5) is 10.8 Å². The standard InChI is InChI=1S/C20H26ClN3O2S/c1-13-9-24(10-14(2)26-13)19-23-17(11-27-19)15-6-5-7-16(8-15)22-18(25)20(3,4)12-21/h5-8,11,13-14H,9-10,12H2,1-4H3,(H,22,25). The molecule has 1 aromatic heterocycles. The minimum Gasteiger partial charge on any atom is -0.372 e. The van der Waals surface area contributed by atoms with Gasteiger partial charge in [0.1, 0.15) is 0 Å². The highest BCUT2D eigenvalue weighted by Gasteiger charge is 2.27. The fraction of sp³-hybridized carbons (Fsp3) is 0.500. The third kappa shape index (κ3) is 4.81. The van der Waals surface area contributed by atoms with Crippen molar-refractivity contribution in [2.45, 2.75) is 39.9 Å². The summed E-state index contributed by atoms with van der Waals surface area (Å²) in [6, 6.07) is 7.76. The summed E-state index contributed by atoms with van der Waals surface area (Å²) in [5.41, 5.74) is 2.02. The number of ether oxygens (including phenoxy) is 1. The average molecular weight is 408 g/mol. The van der Waals surface area contributed by atoms with E-state index in [1.807, 2.05) is 38.1 Å². The van der Waals surface area contributed by atoms with E-state index in [2.05, 4.69) is 29.4 Å². The number of alkyl halides is 1. The van der Waals surface area contributed by atoms with Gasteiger partial charge in [0, 0.05) is 35.6 Å². The van der Waals surface area contributed by atoms with E-state index in [0.717, 1.165) is 35.2 Å². The first-order chi connectivity index (χ1) is 12.8. The number of anilines is 2. The average Bonchev–Trinajstić information content (AvgIpc) is 3.11. The van der Waals surface area contributed by atoms with Gasteiger partial charge < -0.3 is 15.0 Å². The van der Waals surface area contributed by atoms with E-state index in [4.69, 9.17) is 21.3 Å². The van der Waals surface area contributed by atoms with Gasteiger partial charge in [0.2, 0.25) is 5.91 Å². The van der Waals surface area contributed by atoms with Crippen molar-refractivity contribution in [1.82, 2.24) is 4.98 Å². The maximum atomic E-state index is 12.4. The van der Waals surface area contributed by atoms with E-state index in [1.54, 1.807) is 11.3 Å². The smallest absolute Gasteiger partial charge is 0.231 e. The Kier molecular flexibility index (Phi) is 6.08. The van der Waals surface area contributed by atoms with Gasteiger partial charge in [-0.15, -0.1) is 22.9 Å². The number of rotatable bonds is 5. The van der Waals surface area contributed by atoms with Gasteiger partial charge in [0.15, 0.2) is 5.13 Å². The highest BCUT2D eigenvalue weighted by atomic mass is 35.5. The first-order valence-corrected chi connectivity index (χ1v) is 10.5. The van der Waals surface area contributed by atoms with E-state index >= 15 is 0 Å². The molecule has 0 bridgehead atoms. The predicted molar refractivity (Wildman–Crippen MR) is 113 cm³/mol. The summed E-state index contributed by atoms with van der Waals surface area (Å²) < 4.78 is 5.80. The van der Waals surface area contributed by atoms with Gasteiger partial charge in [-0.2, -0.15) is 0 Å². The van der Waals surface area contributed by atoms with Crippen molar-refractivity contribution < 1.29 is 9.53 Å². The van der Waals surface area contributed by atoms with Crippen LogP contribution in [0.3, 0.4) is 0 Å². The largest absolute Gasteiger partial charge is 0.372 e. The van der Waals surface area contributed by atoms with Crippen molar-refractivity contribution in [3.8, 4) is 11.3 Å². The Labute approximate surface area is 169 Å². The highest BCUT2D eigenvalue weighted by molar-refractivity contribution is 7.14. The summed E-state index contributed by atoms with van der Waals surface area (Å²) >= 11 is 7.53. The molecule has 2 atom stereocenters. The number of nitrogens with zero attached hydrogens (tertiary/aromatic N) is 2. The van der Waals surface area contributed by atoms with E-state index in [9.17, 15) is 4.79 Å². The predicted octanol–water partition coefficient (Wildman–Crippen LogP) is 4.63. The summed E-state index contributed by atoms with van der Waals surface area (Å²) in [7, 11) is 0. The number of halogens is 1. The van der Waals surface area contributed by atoms with E-state index < -0.39 is 5.41 Å². The monoisotopic (exact) mass is 407 g/mol. The Balaban J connectivity index is 1.76. The Bertz CT molecular complexity index is 798. The minimum atomic E-state index is -0.616. The summed E-state index contributed by atoms with van der Waals surface area (Å²) in [5.74, 6) is 0.176. The van der Waals surface area contributed by atoms with E-state index in [1.165, 1.54) is 0 Å². The lowest BCUT2D eigenvalue weighted by atomic mass is 9.95. The van der Waals surface area contributed by atoms with Crippen LogP contribution in [0.25, 0.3) is 11.3 Å². The maximum Gasteiger partial charge on any atom is 0.231 e. The van der Waals surface area contributed by atoms with Crippen LogP contribution < -0.4 is 10.2 Å². The number of hydrogen-bond donors (Lipinski definition) is 1. The Morgan fingerprint density at radius 3 is 2.74 bits per heavy atom. The first kappa shape index (κ1) is 20.1. The zero-order valence-electron chi connectivity index (χ0n) is 16.2. The van der Waals surface area contributed by atoms with Crippen molar-refractivity contribution in [3.63, 3.8) is 0 Å². The van der Waals surface area contributed by atoms with Gasteiger partial charge in [0.25, 0.3) is 0 Å². The van der Waals surface area contributed by atoms with E-state index in [0.29, 0.717) is 0 Å². The third-order valence-corrected chi connectivity index (χ3v) is 6.12. The van der Waals surface area contributed by atoms with Crippen LogP contribution in [-0.4, -0.2) is 42.1 Å². The molecule has 1 saturated heterocycles. The second kappa shape index (κ2) is 8.17. The minimum absolute atomic E-state index is 0.0927. The number of nitrogens with one attached hydrogen (secondary N) is 1. The number of thiazole rings is 1. The van der Waals surface area contributed by atoms with Crippen LogP contribution in [0.5, 0.6) is 0 Å². The molecule has 2 heterocycles. The molecule has 1 amide bonds. The van der Waals surface area contributed by atoms with Crippen molar-refractivity contribution in [2.75, 3.05) is 29.2 Å². The quantitative estimate of drug-likeness (QED) is 0.734. The molecule has 1 aliphatic rings. The van der Waals surface area contributed by atoms with Crippen molar-refractivity contribution in [1.29, 1.82) is 0 Å². The molecule has 2 unspecified atom stereocenters. The van der Waals surface area contributed by atoms with Crippen molar-refractivity contribution in [3.05, 3.63) is 29.6 Å². The van der Waals surface area contributed by atoms with Crippen LogP contribution in [0.1, 0.15) is 27.7 Å². The number of carbonyl (C=O) groups is 1. The molecule has 1 aromatic carbocycles. The Morgan fingerprint density at radius 1 is 1.37 bits per heavy atom. The van der Waals surface area contributed by atoms with Crippen molar-refractivity contribution >= 4 is 39.7 Å². The second-order valence-corrected chi connectivity index (χ2v) is 8.83. The lowest BCUT2D eigenvalue weighted by Gasteiger charge is -2.35. The molecule has 0 aliphatic carbocycles. The van der Waals surface area contributed by atoms with Gasteiger partial charge in [-0.1, -0.05) is 12.1 Å². The van der Waals surface area contributed by atoms with Crippen LogP contribution in [0.2, 0.25) is 0 Å². The molecular weight excluding hydrogens is 382 g/mol. The summed E-state index contributed by atoms with van der Waals surface area (Å²) in [5, 5.41) is 6.01. The van der Waals surface area contributed by atoms with Crippen LogP contribution in [0.15, 0.2) is 29.6 Å². The molecular formula is C20H26ClN3O2S. The molecule has 1 N–H and O–H groups in total. The van der Waals surface area contributed by atoms with Gasteiger partial charge in [-0.3, -0.25) is 4.79 Å². The maximum absolute atomic E-state index is 12.4. The van der Waals surface area contributed by atoms with Gasteiger partial charge in [-0.25, -0.2) is 4.98 Å². The lowest BCUT2D eigenvalue weighted by molar-refractivity contribution is -0.122. The van der Waals surface area contributed by atoms with Crippen LogP contribution in [-0.2, 0) is 9.53 Å². The molecule has 1 fully saturated rings. The molecule has 1 aliphatic heterocycles. The number of benzene rings is 1. The molecule has 146 valence electrons. The molecule has 0 spiro atoms. The van der Waals surface area contributed by atoms with E-state index in [-0.39, 0.29) is 24.0 Å². The number of amides is 1. The second-order valence-electron chi connectivity index (χ2n) is 7.73. The molecule has 5 nitrogen and oxygen atoms in total. The number of morpholine rings is 1. The Morgan fingerprint density at radius 2 is 2.07 bits per heavy atom. The molecule has 0 saturated carbocycles. The van der Waals surface area contributed by atoms with Crippen LogP contribution in [0, 0.1) is 5.41 Å². The number of aromatic nitrogens is 1. The highest BCUT2D eigenvalue weighted by Crippen LogP contribution is 2.31. The number of hydrogen-bond acceptors (Lipinski definition) is 5. The fourth-order valence-electron chi connectivity index (χ4n) is 2.99. The normalized spacial score (nSPS) is 20.6. The molecule has 0 radical (unpaired) electrons. The summed E-state index contributed by atoms with van der Waals surface area (Å²) in [6.45, 7) is 9.53. The van der Waals surface area contributed by atoms with Crippen LogP contribution >= 0.6 is 22.9 Å².